The van der Waals surface area contributed by atoms with Crippen LogP contribution in [-0.4, -0.2) is 29.6 Å². The van der Waals surface area contributed by atoms with E-state index in [1.807, 2.05) is 0 Å². The van der Waals surface area contributed by atoms with E-state index in [9.17, 15) is 29.9 Å². The van der Waals surface area contributed by atoms with Gasteiger partial charge in [0.1, 0.15) is 0 Å². The highest BCUT2D eigenvalue weighted by atomic mass is 32.3. The van der Waals surface area contributed by atoms with Crippen LogP contribution in [0.1, 0.15) is 12.7 Å². The molecule has 98 valence electrons. The Balaban J connectivity index is 3.44. The molecular formula is C6H6F5N3O2S. The van der Waals surface area contributed by atoms with Gasteiger partial charge in [-0.3, -0.25) is 4.57 Å². The average Bonchev–Trinajstić information content (AvgIpc) is 2.60. The molecule has 1 aromatic rings. The van der Waals surface area contributed by atoms with Crippen LogP contribution in [0.3, 0.4) is 0 Å². The molecule has 0 saturated heterocycles. The number of halogens is 5. The van der Waals surface area contributed by atoms with Crippen LogP contribution in [0.25, 0.3) is 0 Å². The second-order valence-corrected chi connectivity index (χ2v) is 4.15. The molecule has 11 heteroatoms. The standard InChI is InChI=1S/C6H6F5N3O2S/c1-2-14-4(6(9,10)3(7)8)12-13-5(14)17(11,15)16/h3H,2H2,1H3. The van der Waals surface area contributed by atoms with Crippen LogP contribution in [0.2, 0.25) is 0 Å². The first-order chi connectivity index (χ1) is 7.62. The zero-order valence-electron chi connectivity index (χ0n) is 8.24. The minimum atomic E-state index is -5.40. The van der Waals surface area contributed by atoms with E-state index in [2.05, 4.69) is 10.2 Å². The van der Waals surface area contributed by atoms with Crippen LogP contribution >= 0.6 is 0 Å². The van der Waals surface area contributed by atoms with E-state index in [4.69, 9.17) is 0 Å². The summed E-state index contributed by atoms with van der Waals surface area (Å²) in [6.07, 6.45) is -4.10. The molecule has 0 N–H and O–H groups in total. The molecule has 0 aliphatic rings. The summed E-state index contributed by atoms with van der Waals surface area (Å²) in [6, 6.07) is 0. The van der Waals surface area contributed by atoms with Crippen molar-refractivity contribution in [3.8, 4) is 0 Å². The molecular weight excluding hydrogens is 273 g/mol. The van der Waals surface area contributed by atoms with Crippen molar-refractivity contribution < 1.29 is 29.9 Å². The third-order valence-electron chi connectivity index (χ3n) is 1.82. The molecule has 0 radical (unpaired) electrons. The van der Waals surface area contributed by atoms with Crippen LogP contribution in [0.5, 0.6) is 0 Å². The van der Waals surface area contributed by atoms with Gasteiger partial charge < -0.3 is 0 Å². The predicted molar refractivity (Wildman–Crippen MR) is 43.9 cm³/mol. The van der Waals surface area contributed by atoms with Gasteiger partial charge in [-0.1, -0.05) is 3.89 Å². The molecule has 0 aromatic carbocycles. The molecule has 0 atom stereocenters. The third kappa shape index (κ3) is 2.37. The van der Waals surface area contributed by atoms with Gasteiger partial charge >= 0.3 is 22.6 Å². The Labute approximate surface area is 92.5 Å². The molecule has 0 saturated carbocycles. The lowest BCUT2D eigenvalue weighted by Gasteiger charge is -2.14. The van der Waals surface area contributed by atoms with E-state index < -0.39 is 40.1 Å². The Kier molecular flexibility index (Phi) is 3.41. The third-order valence-corrected chi connectivity index (χ3v) is 2.56. The Bertz CT molecular complexity index is 512. The van der Waals surface area contributed by atoms with Gasteiger partial charge in [-0.25, -0.2) is 8.78 Å². The Hall–Kier alpha value is -1.26. The van der Waals surface area contributed by atoms with Crippen molar-refractivity contribution in [1.29, 1.82) is 0 Å². The second kappa shape index (κ2) is 4.20. The molecule has 0 amide bonds. The van der Waals surface area contributed by atoms with Crippen molar-refractivity contribution in [2.45, 2.75) is 31.0 Å². The fraction of sp³-hybridized carbons (Fsp3) is 0.667. The molecule has 1 heterocycles. The highest BCUT2D eigenvalue weighted by molar-refractivity contribution is 7.86. The molecule has 0 aliphatic heterocycles. The predicted octanol–water partition coefficient (Wildman–Crippen LogP) is 1.31. The molecule has 1 rings (SSSR count). The lowest BCUT2D eigenvalue weighted by atomic mass is 10.3. The van der Waals surface area contributed by atoms with Crippen molar-refractivity contribution in [3.63, 3.8) is 0 Å². The van der Waals surface area contributed by atoms with E-state index >= 15 is 0 Å². The van der Waals surface area contributed by atoms with Crippen LogP contribution in [-0.2, 0) is 22.7 Å². The van der Waals surface area contributed by atoms with Gasteiger partial charge in [0.25, 0.3) is 5.16 Å². The van der Waals surface area contributed by atoms with Crippen LogP contribution in [0.15, 0.2) is 5.16 Å². The number of hydrogen-bond acceptors (Lipinski definition) is 4. The lowest BCUT2D eigenvalue weighted by molar-refractivity contribution is -0.143. The van der Waals surface area contributed by atoms with Crippen LogP contribution < -0.4 is 0 Å². The second-order valence-electron chi connectivity index (χ2n) is 2.91. The zero-order chi connectivity index (χ0) is 13.4. The summed E-state index contributed by atoms with van der Waals surface area (Å²) in [6.45, 7) is 0.659. The largest absolute Gasteiger partial charge is 0.368 e. The summed E-state index contributed by atoms with van der Waals surface area (Å²) < 4.78 is 83.6. The van der Waals surface area contributed by atoms with E-state index in [-0.39, 0.29) is 4.57 Å². The quantitative estimate of drug-likeness (QED) is 0.615. The lowest BCUT2D eigenvalue weighted by Crippen LogP contribution is -2.28. The van der Waals surface area contributed by atoms with Gasteiger partial charge in [0, 0.05) is 6.54 Å². The maximum absolute atomic E-state index is 12.9. The monoisotopic (exact) mass is 279 g/mol. The topological polar surface area (TPSA) is 64.8 Å². The summed E-state index contributed by atoms with van der Waals surface area (Å²) in [5.41, 5.74) is 0. The first-order valence-corrected chi connectivity index (χ1v) is 5.55. The molecule has 0 unspecified atom stereocenters. The molecule has 0 fully saturated rings. The average molecular weight is 279 g/mol. The first kappa shape index (κ1) is 13.8. The number of alkyl halides is 4. The van der Waals surface area contributed by atoms with Crippen molar-refractivity contribution in [3.05, 3.63) is 5.82 Å². The fourth-order valence-electron chi connectivity index (χ4n) is 1.10. The number of nitrogens with zero attached hydrogens (tertiary/aromatic N) is 3. The maximum atomic E-state index is 12.9. The van der Waals surface area contributed by atoms with Gasteiger partial charge in [0.15, 0.2) is 0 Å². The van der Waals surface area contributed by atoms with Crippen LogP contribution in [0, 0.1) is 0 Å². The number of hydrogen-bond donors (Lipinski definition) is 0. The Morgan fingerprint density at radius 1 is 1.35 bits per heavy atom. The van der Waals surface area contributed by atoms with Gasteiger partial charge in [0.2, 0.25) is 5.82 Å². The molecule has 17 heavy (non-hydrogen) atoms. The summed E-state index contributed by atoms with van der Waals surface area (Å²) in [5.74, 6) is -6.29. The summed E-state index contributed by atoms with van der Waals surface area (Å²) in [7, 11) is -5.40. The molecule has 5 nitrogen and oxygen atoms in total. The van der Waals surface area contributed by atoms with E-state index in [0.717, 1.165) is 6.92 Å². The van der Waals surface area contributed by atoms with Crippen molar-refractivity contribution in [1.82, 2.24) is 14.8 Å². The Morgan fingerprint density at radius 3 is 2.24 bits per heavy atom. The smallest absolute Gasteiger partial charge is 0.295 e. The number of aromatic nitrogens is 3. The fourth-order valence-corrected chi connectivity index (χ4v) is 1.72. The highest BCUT2D eigenvalue weighted by Gasteiger charge is 2.48. The minimum Gasteiger partial charge on any atom is -0.295 e. The zero-order valence-corrected chi connectivity index (χ0v) is 9.06. The molecule has 0 bridgehead atoms. The maximum Gasteiger partial charge on any atom is 0.368 e. The summed E-state index contributed by atoms with van der Waals surface area (Å²) >= 11 is 0. The van der Waals surface area contributed by atoms with Crippen molar-refractivity contribution in [2.24, 2.45) is 0 Å². The number of rotatable bonds is 4. The highest BCUT2D eigenvalue weighted by Crippen LogP contribution is 2.34. The van der Waals surface area contributed by atoms with E-state index in [1.54, 1.807) is 0 Å². The summed E-state index contributed by atoms with van der Waals surface area (Å²) in [5, 5.41) is 3.83. The van der Waals surface area contributed by atoms with Crippen LogP contribution in [0.4, 0.5) is 21.4 Å². The van der Waals surface area contributed by atoms with Gasteiger partial charge in [0.05, 0.1) is 0 Å². The van der Waals surface area contributed by atoms with Crippen molar-refractivity contribution >= 4 is 10.2 Å². The van der Waals surface area contributed by atoms with Crippen molar-refractivity contribution in [2.75, 3.05) is 0 Å². The van der Waals surface area contributed by atoms with E-state index in [0.29, 0.717) is 0 Å². The van der Waals surface area contributed by atoms with E-state index in [1.165, 1.54) is 0 Å². The summed E-state index contributed by atoms with van der Waals surface area (Å²) in [4.78, 5) is 0. The molecule has 1 aromatic heterocycles. The first-order valence-electron chi connectivity index (χ1n) is 4.16. The van der Waals surface area contributed by atoms with Gasteiger partial charge in [-0.15, -0.1) is 10.2 Å². The minimum absolute atomic E-state index is 0.0848. The van der Waals surface area contributed by atoms with Gasteiger partial charge in [-0.05, 0) is 6.92 Å². The molecule has 0 aliphatic carbocycles. The Morgan fingerprint density at radius 2 is 1.88 bits per heavy atom. The SMILES string of the molecule is CCn1c(C(F)(F)C(F)F)nnc1S(=O)(=O)F. The normalized spacial score (nSPS) is 13.4. The van der Waals surface area contributed by atoms with Gasteiger partial charge in [-0.2, -0.15) is 17.2 Å². The molecule has 0 spiro atoms.